The molecule has 1 fully saturated rings. The summed E-state index contributed by atoms with van der Waals surface area (Å²) < 4.78 is 5.04. The van der Waals surface area contributed by atoms with Crippen LogP contribution in [0.15, 0.2) is 76.2 Å². The summed E-state index contributed by atoms with van der Waals surface area (Å²) in [6.45, 7) is 0. The maximum Gasteiger partial charge on any atom is 0.291 e. The lowest BCUT2D eigenvalue weighted by Gasteiger charge is -2.14. The molecule has 31 heavy (non-hydrogen) atoms. The molecule has 2 heterocycles. The summed E-state index contributed by atoms with van der Waals surface area (Å²) in [6.07, 6.45) is 1.44. The van der Waals surface area contributed by atoms with Gasteiger partial charge in [0.05, 0.1) is 22.1 Å². The van der Waals surface area contributed by atoms with Gasteiger partial charge in [0, 0.05) is 29.1 Å². The molecule has 4 rings (SSSR count). The monoisotopic (exact) mass is 437 g/mol. The largest absolute Gasteiger partial charge is 0.459 e. The first kappa shape index (κ1) is 20.4. The number of nitro groups is 1. The Balaban J connectivity index is 1.41. The lowest BCUT2D eigenvalue weighted by molar-refractivity contribution is -0.384. The Kier molecular flexibility index (Phi) is 5.54. The minimum absolute atomic E-state index is 0.0253. The van der Waals surface area contributed by atoms with E-state index in [2.05, 4.69) is 5.32 Å². The first-order valence-electron chi connectivity index (χ1n) is 9.15. The number of thioether (sulfide) groups is 1. The topological polar surface area (TPSA) is 123 Å². The van der Waals surface area contributed by atoms with Crippen molar-refractivity contribution in [2.45, 2.75) is 16.6 Å². The minimum Gasteiger partial charge on any atom is -0.459 e. The first-order chi connectivity index (χ1) is 14.9. The van der Waals surface area contributed by atoms with Gasteiger partial charge >= 0.3 is 0 Å². The molecular weight excluding hydrogens is 422 g/mol. The number of nitrogens with zero attached hydrogens (tertiary/aromatic N) is 2. The third-order valence-electron chi connectivity index (χ3n) is 4.56. The standard InChI is InChI=1S/C21H15N3O6S/c25-19-12-18(21(27)23(19)14-5-7-15(8-6-14)24(28)29)31-16-9-3-13(4-10-16)22-20(26)17-2-1-11-30-17/h1-11,18H,12H2,(H,22,26). The number of rotatable bonds is 6. The van der Waals surface area contributed by atoms with Crippen molar-refractivity contribution in [1.29, 1.82) is 0 Å². The summed E-state index contributed by atoms with van der Waals surface area (Å²) in [7, 11) is 0. The Morgan fingerprint density at radius 1 is 1.10 bits per heavy atom. The van der Waals surface area contributed by atoms with Gasteiger partial charge in [-0.2, -0.15) is 0 Å². The van der Waals surface area contributed by atoms with Gasteiger partial charge < -0.3 is 9.73 Å². The highest BCUT2D eigenvalue weighted by Gasteiger charge is 2.40. The van der Waals surface area contributed by atoms with Gasteiger partial charge in [-0.15, -0.1) is 11.8 Å². The van der Waals surface area contributed by atoms with Gasteiger partial charge in [-0.05, 0) is 48.5 Å². The lowest BCUT2D eigenvalue weighted by Crippen LogP contribution is -2.31. The van der Waals surface area contributed by atoms with Gasteiger partial charge in [-0.3, -0.25) is 24.5 Å². The average molecular weight is 437 g/mol. The number of nitro benzene ring substituents is 1. The van der Waals surface area contributed by atoms with Crippen molar-refractivity contribution in [3.05, 3.63) is 82.8 Å². The van der Waals surface area contributed by atoms with E-state index < -0.39 is 10.2 Å². The summed E-state index contributed by atoms with van der Waals surface area (Å²) in [5, 5.41) is 12.9. The van der Waals surface area contributed by atoms with Gasteiger partial charge in [0.15, 0.2) is 5.76 Å². The molecule has 1 unspecified atom stereocenters. The second kappa shape index (κ2) is 8.44. The molecule has 1 aliphatic heterocycles. The smallest absolute Gasteiger partial charge is 0.291 e. The summed E-state index contributed by atoms with van der Waals surface area (Å²) in [4.78, 5) is 49.2. The maximum atomic E-state index is 12.8. The molecule has 156 valence electrons. The van der Waals surface area contributed by atoms with Crippen LogP contribution < -0.4 is 10.2 Å². The van der Waals surface area contributed by atoms with E-state index in [9.17, 15) is 24.5 Å². The van der Waals surface area contributed by atoms with Crippen molar-refractivity contribution in [2.75, 3.05) is 10.2 Å². The highest BCUT2D eigenvalue weighted by atomic mass is 32.2. The number of benzene rings is 2. The fraction of sp³-hybridized carbons (Fsp3) is 0.0952. The highest BCUT2D eigenvalue weighted by molar-refractivity contribution is 8.00. The van der Waals surface area contributed by atoms with E-state index in [0.29, 0.717) is 11.4 Å². The fourth-order valence-electron chi connectivity index (χ4n) is 3.07. The molecule has 10 heteroatoms. The molecule has 3 amide bonds. The number of amides is 3. The quantitative estimate of drug-likeness (QED) is 0.353. The molecule has 1 saturated heterocycles. The molecule has 0 aliphatic carbocycles. The van der Waals surface area contributed by atoms with Crippen LogP contribution in [0.5, 0.6) is 0 Å². The van der Waals surface area contributed by atoms with Crippen molar-refractivity contribution in [3.63, 3.8) is 0 Å². The van der Waals surface area contributed by atoms with Gasteiger partial charge in [-0.25, -0.2) is 4.90 Å². The number of hydrogen-bond acceptors (Lipinski definition) is 7. The summed E-state index contributed by atoms with van der Waals surface area (Å²) in [6, 6.07) is 15.3. The molecule has 1 aromatic heterocycles. The van der Waals surface area contributed by atoms with Crippen LogP contribution in [0.2, 0.25) is 0 Å². The van der Waals surface area contributed by atoms with Crippen LogP contribution in [-0.2, 0) is 9.59 Å². The van der Waals surface area contributed by atoms with Crippen LogP contribution in [0, 0.1) is 10.1 Å². The number of carbonyl (C=O) groups excluding carboxylic acids is 3. The van der Waals surface area contributed by atoms with E-state index in [1.807, 2.05) is 0 Å². The molecule has 1 atom stereocenters. The van der Waals surface area contributed by atoms with Crippen molar-refractivity contribution in [2.24, 2.45) is 0 Å². The van der Waals surface area contributed by atoms with E-state index >= 15 is 0 Å². The molecule has 9 nitrogen and oxygen atoms in total. The Labute approximate surface area is 180 Å². The zero-order valence-corrected chi connectivity index (χ0v) is 16.7. The zero-order chi connectivity index (χ0) is 22.0. The Morgan fingerprint density at radius 2 is 1.81 bits per heavy atom. The van der Waals surface area contributed by atoms with Crippen LogP contribution in [-0.4, -0.2) is 27.9 Å². The molecule has 0 radical (unpaired) electrons. The predicted molar refractivity (Wildman–Crippen MR) is 113 cm³/mol. The normalized spacial score (nSPS) is 15.9. The van der Waals surface area contributed by atoms with Crippen LogP contribution in [0.1, 0.15) is 17.0 Å². The predicted octanol–water partition coefficient (Wildman–Crippen LogP) is 3.86. The van der Waals surface area contributed by atoms with Crippen molar-refractivity contribution in [3.8, 4) is 0 Å². The minimum atomic E-state index is -0.605. The van der Waals surface area contributed by atoms with Gasteiger partial charge in [0.1, 0.15) is 0 Å². The highest BCUT2D eigenvalue weighted by Crippen LogP contribution is 2.34. The Morgan fingerprint density at radius 3 is 2.42 bits per heavy atom. The van der Waals surface area contributed by atoms with Gasteiger partial charge in [-0.1, -0.05) is 0 Å². The average Bonchev–Trinajstić information content (AvgIpc) is 3.38. The maximum absolute atomic E-state index is 12.8. The van der Waals surface area contributed by atoms with Gasteiger partial charge in [0.25, 0.3) is 11.6 Å². The second-order valence-corrected chi connectivity index (χ2v) is 7.88. The number of furan rings is 1. The lowest BCUT2D eigenvalue weighted by atomic mass is 10.2. The van der Waals surface area contributed by atoms with Crippen LogP contribution in [0.3, 0.4) is 0 Å². The molecule has 1 aliphatic rings. The number of hydrogen-bond donors (Lipinski definition) is 1. The van der Waals surface area contributed by atoms with Crippen molar-refractivity contribution in [1.82, 2.24) is 0 Å². The fourth-order valence-corrected chi connectivity index (χ4v) is 4.13. The number of imide groups is 1. The van der Waals surface area contributed by atoms with E-state index in [-0.39, 0.29) is 35.6 Å². The SMILES string of the molecule is O=C(Nc1ccc(SC2CC(=O)N(c3ccc([N+](=O)[O-])cc3)C2=O)cc1)c1ccco1. The van der Waals surface area contributed by atoms with Crippen LogP contribution >= 0.6 is 11.8 Å². The summed E-state index contributed by atoms with van der Waals surface area (Å²) in [5.74, 6) is -0.918. The third kappa shape index (κ3) is 4.33. The number of anilines is 2. The third-order valence-corrected chi connectivity index (χ3v) is 5.76. The van der Waals surface area contributed by atoms with E-state index in [4.69, 9.17) is 4.42 Å². The van der Waals surface area contributed by atoms with Crippen LogP contribution in [0.4, 0.5) is 17.1 Å². The molecule has 0 bridgehead atoms. The molecule has 1 N–H and O–H groups in total. The Bertz CT molecular complexity index is 1140. The molecule has 2 aromatic carbocycles. The van der Waals surface area contributed by atoms with Crippen molar-refractivity contribution < 1.29 is 23.7 Å². The first-order valence-corrected chi connectivity index (χ1v) is 10.0. The number of non-ortho nitro benzene ring substituents is 1. The van der Waals surface area contributed by atoms with Gasteiger partial charge in [0.2, 0.25) is 11.8 Å². The zero-order valence-electron chi connectivity index (χ0n) is 15.9. The number of carbonyl (C=O) groups is 3. The van der Waals surface area contributed by atoms with Crippen LogP contribution in [0.25, 0.3) is 0 Å². The van der Waals surface area contributed by atoms with E-state index in [1.165, 1.54) is 42.3 Å². The Hall–Kier alpha value is -3.92. The molecular formula is C21H15N3O6S. The summed E-state index contributed by atoms with van der Waals surface area (Å²) >= 11 is 1.24. The second-order valence-electron chi connectivity index (χ2n) is 6.61. The van der Waals surface area contributed by atoms with Crippen molar-refractivity contribution >= 4 is 46.5 Å². The van der Waals surface area contributed by atoms with E-state index in [1.54, 1.807) is 36.4 Å². The molecule has 3 aromatic rings. The molecule has 0 spiro atoms. The summed E-state index contributed by atoms with van der Waals surface area (Å²) in [5.41, 5.74) is 0.750. The van der Waals surface area contributed by atoms with E-state index in [0.717, 1.165) is 9.80 Å². The number of nitrogens with one attached hydrogen (secondary N) is 1. The molecule has 0 saturated carbocycles.